The second kappa shape index (κ2) is 8.67. The molecule has 170 valence electrons. The smallest absolute Gasteiger partial charge is 0.247 e. The Hall–Kier alpha value is -2.71. The lowest BCUT2D eigenvalue weighted by Gasteiger charge is -2.32. The van der Waals surface area contributed by atoms with Gasteiger partial charge in [0.05, 0.1) is 13.2 Å². The van der Waals surface area contributed by atoms with Crippen LogP contribution >= 0.6 is 0 Å². The Kier molecular flexibility index (Phi) is 5.73. The number of amides is 1. The predicted molar refractivity (Wildman–Crippen MR) is 120 cm³/mol. The maximum Gasteiger partial charge on any atom is 0.247 e. The van der Waals surface area contributed by atoms with Crippen molar-refractivity contribution in [2.24, 2.45) is 0 Å². The summed E-state index contributed by atoms with van der Waals surface area (Å²) in [5.74, 6) is -1.01. The minimum atomic E-state index is -0.593. The molecule has 0 radical (unpaired) electrons. The number of hydrogen-bond acceptors (Lipinski definition) is 5. The number of nitrogens with one attached hydrogen (secondary N) is 2. The number of aryl methyl sites for hydroxylation is 1. The first-order chi connectivity index (χ1) is 15.5. The van der Waals surface area contributed by atoms with E-state index in [1.807, 2.05) is 13.0 Å². The average Bonchev–Trinajstić information content (AvgIpc) is 3.45. The number of ether oxygens (including phenoxy) is 1. The zero-order chi connectivity index (χ0) is 22.2. The van der Waals surface area contributed by atoms with Crippen molar-refractivity contribution in [3.05, 3.63) is 53.1 Å². The first-order valence-corrected chi connectivity index (χ1v) is 11.2. The van der Waals surface area contributed by atoms with Gasteiger partial charge in [-0.1, -0.05) is 6.07 Å². The van der Waals surface area contributed by atoms with E-state index in [1.165, 1.54) is 18.2 Å². The molecule has 1 amide bonds. The summed E-state index contributed by atoms with van der Waals surface area (Å²) in [6.45, 7) is 6.93. The fourth-order valence-corrected chi connectivity index (χ4v) is 5.00. The van der Waals surface area contributed by atoms with Gasteiger partial charge in [0.1, 0.15) is 17.7 Å². The number of hydrogen-bond donors (Lipinski definition) is 2. The van der Waals surface area contributed by atoms with Gasteiger partial charge in [0, 0.05) is 61.3 Å². The number of anilines is 3. The monoisotopic (exact) mass is 442 g/mol. The number of halogens is 2. The highest BCUT2D eigenvalue weighted by Crippen LogP contribution is 2.32. The largest absolute Gasteiger partial charge is 0.379 e. The van der Waals surface area contributed by atoms with Crippen LogP contribution in [0.4, 0.5) is 25.8 Å². The van der Waals surface area contributed by atoms with E-state index in [9.17, 15) is 13.6 Å². The van der Waals surface area contributed by atoms with Crippen molar-refractivity contribution < 1.29 is 18.3 Å². The van der Waals surface area contributed by atoms with Gasteiger partial charge in [-0.25, -0.2) is 8.78 Å². The molecule has 3 heterocycles. The molecule has 2 N–H and O–H groups in total. The highest BCUT2D eigenvalue weighted by atomic mass is 19.1. The highest BCUT2D eigenvalue weighted by Gasteiger charge is 2.31. The van der Waals surface area contributed by atoms with E-state index < -0.39 is 11.9 Å². The van der Waals surface area contributed by atoms with Gasteiger partial charge in [0.2, 0.25) is 5.91 Å². The molecule has 2 saturated heterocycles. The molecule has 1 unspecified atom stereocenters. The van der Waals surface area contributed by atoms with Gasteiger partial charge in [-0.3, -0.25) is 9.69 Å². The maximum atomic E-state index is 14.4. The minimum Gasteiger partial charge on any atom is -0.379 e. The summed E-state index contributed by atoms with van der Waals surface area (Å²) in [7, 11) is 0. The Morgan fingerprint density at radius 2 is 1.97 bits per heavy atom. The molecule has 2 atom stereocenters. The van der Waals surface area contributed by atoms with Crippen LogP contribution in [-0.2, 0) is 16.0 Å². The Labute approximate surface area is 186 Å². The van der Waals surface area contributed by atoms with E-state index in [2.05, 4.69) is 20.4 Å². The van der Waals surface area contributed by atoms with Gasteiger partial charge in [0.15, 0.2) is 0 Å². The van der Waals surface area contributed by atoms with Crippen molar-refractivity contribution in [1.29, 1.82) is 0 Å². The van der Waals surface area contributed by atoms with Crippen LogP contribution in [0.5, 0.6) is 0 Å². The highest BCUT2D eigenvalue weighted by molar-refractivity contribution is 5.98. The lowest BCUT2D eigenvalue weighted by atomic mass is 10.1. The molecule has 32 heavy (non-hydrogen) atoms. The van der Waals surface area contributed by atoms with Crippen molar-refractivity contribution in [3.63, 3.8) is 0 Å². The molecule has 0 spiro atoms. The lowest BCUT2D eigenvalue weighted by molar-refractivity contribution is -0.116. The topological polar surface area (TPSA) is 56.8 Å². The summed E-state index contributed by atoms with van der Waals surface area (Å²) < 4.78 is 34.0. The SMILES string of the molecule is Cc1ccc(F)c2c1NC(C(=O)Nc1cc(F)cc(N3CC[C@@H](N4CCOCC4)C3)c1)C2. The van der Waals surface area contributed by atoms with Crippen molar-refractivity contribution in [2.45, 2.75) is 31.8 Å². The molecular formula is C24H28F2N4O2. The van der Waals surface area contributed by atoms with Crippen LogP contribution in [0.1, 0.15) is 17.5 Å². The number of morpholine rings is 1. The summed E-state index contributed by atoms with van der Waals surface area (Å²) in [5, 5.41) is 5.94. The van der Waals surface area contributed by atoms with Gasteiger partial charge in [-0.15, -0.1) is 0 Å². The van der Waals surface area contributed by atoms with Crippen LogP contribution in [0.15, 0.2) is 30.3 Å². The lowest BCUT2D eigenvalue weighted by Crippen LogP contribution is -2.44. The predicted octanol–water partition coefficient (Wildman–Crippen LogP) is 3.16. The summed E-state index contributed by atoms with van der Waals surface area (Å²) >= 11 is 0. The Morgan fingerprint density at radius 1 is 1.16 bits per heavy atom. The number of fused-ring (bicyclic) bond motifs is 1. The van der Waals surface area contributed by atoms with Gasteiger partial charge in [-0.2, -0.15) is 0 Å². The van der Waals surface area contributed by atoms with Crippen LogP contribution in [0.2, 0.25) is 0 Å². The van der Waals surface area contributed by atoms with Crippen molar-refractivity contribution in [2.75, 3.05) is 54.9 Å². The minimum absolute atomic E-state index is 0.268. The Balaban J connectivity index is 1.26. The zero-order valence-electron chi connectivity index (χ0n) is 18.2. The molecule has 0 aromatic heterocycles. The summed E-state index contributed by atoms with van der Waals surface area (Å²) in [6, 6.07) is 7.61. The first-order valence-electron chi connectivity index (χ1n) is 11.2. The van der Waals surface area contributed by atoms with E-state index in [4.69, 9.17) is 4.74 Å². The van der Waals surface area contributed by atoms with Crippen LogP contribution in [0, 0.1) is 18.6 Å². The summed E-state index contributed by atoms with van der Waals surface area (Å²) in [5.41, 5.74) is 3.27. The van der Waals surface area contributed by atoms with Gasteiger partial charge < -0.3 is 20.3 Å². The van der Waals surface area contributed by atoms with Gasteiger partial charge >= 0.3 is 0 Å². The normalized spacial score (nSPS) is 23.2. The number of benzene rings is 2. The van der Waals surface area contributed by atoms with Crippen molar-refractivity contribution in [3.8, 4) is 0 Å². The molecule has 3 aliphatic rings. The van der Waals surface area contributed by atoms with Crippen molar-refractivity contribution >= 4 is 23.0 Å². The van der Waals surface area contributed by atoms with E-state index in [0.717, 1.165) is 57.1 Å². The third-order valence-electron chi connectivity index (χ3n) is 6.75. The average molecular weight is 443 g/mol. The maximum absolute atomic E-state index is 14.4. The van der Waals surface area contributed by atoms with E-state index in [1.54, 1.807) is 6.07 Å². The molecule has 5 rings (SSSR count). The standard InChI is InChI=1S/C24H28F2N4O2/c1-15-2-3-21(26)20-13-22(28-23(15)20)24(31)27-17-10-16(25)11-19(12-17)30-5-4-18(14-30)29-6-8-32-9-7-29/h2-3,10-12,18,22,28H,4-9,13-14H2,1H3,(H,27,31)/t18-,22?/m1/s1. The number of carbonyl (C=O) groups excluding carboxylic acids is 1. The Bertz CT molecular complexity index is 994. The second-order valence-electron chi connectivity index (χ2n) is 8.84. The third kappa shape index (κ3) is 4.17. The molecular weight excluding hydrogens is 414 g/mol. The zero-order valence-corrected chi connectivity index (χ0v) is 18.2. The summed E-state index contributed by atoms with van der Waals surface area (Å²) in [4.78, 5) is 17.5. The number of rotatable bonds is 4. The second-order valence-corrected chi connectivity index (χ2v) is 8.84. The first kappa shape index (κ1) is 21.2. The Morgan fingerprint density at radius 3 is 2.75 bits per heavy atom. The van der Waals surface area contributed by atoms with E-state index >= 15 is 0 Å². The van der Waals surface area contributed by atoms with Crippen LogP contribution in [-0.4, -0.2) is 62.3 Å². The number of carbonyl (C=O) groups is 1. The third-order valence-corrected chi connectivity index (χ3v) is 6.75. The molecule has 0 saturated carbocycles. The molecule has 8 heteroatoms. The molecule has 3 aliphatic heterocycles. The molecule has 2 aromatic carbocycles. The molecule has 0 bridgehead atoms. The van der Waals surface area contributed by atoms with E-state index in [-0.39, 0.29) is 18.1 Å². The van der Waals surface area contributed by atoms with Gasteiger partial charge in [-0.05, 0) is 43.2 Å². The van der Waals surface area contributed by atoms with Crippen LogP contribution in [0.25, 0.3) is 0 Å². The van der Waals surface area contributed by atoms with Crippen LogP contribution in [0.3, 0.4) is 0 Å². The number of nitrogens with zero attached hydrogens (tertiary/aromatic N) is 2. The fraction of sp³-hybridized carbons (Fsp3) is 0.458. The van der Waals surface area contributed by atoms with Crippen LogP contribution < -0.4 is 15.5 Å². The van der Waals surface area contributed by atoms with Crippen molar-refractivity contribution in [1.82, 2.24) is 4.90 Å². The molecule has 0 aliphatic carbocycles. The molecule has 2 fully saturated rings. The van der Waals surface area contributed by atoms with E-state index in [0.29, 0.717) is 23.0 Å². The quantitative estimate of drug-likeness (QED) is 0.762. The molecule has 6 nitrogen and oxygen atoms in total. The molecule has 2 aromatic rings. The summed E-state index contributed by atoms with van der Waals surface area (Å²) in [6.07, 6.45) is 1.29. The fourth-order valence-electron chi connectivity index (χ4n) is 5.00. The van der Waals surface area contributed by atoms with Gasteiger partial charge in [0.25, 0.3) is 0 Å².